The first-order valence-corrected chi connectivity index (χ1v) is 11.1. The molecular formula is C13H8N8S4. The van der Waals surface area contributed by atoms with Crippen LogP contribution in [0.15, 0.2) is 59.4 Å². The van der Waals surface area contributed by atoms with Crippen molar-refractivity contribution < 1.29 is 0 Å². The highest BCUT2D eigenvalue weighted by Gasteiger charge is 2.44. The topological polar surface area (TPSA) is 105 Å². The van der Waals surface area contributed by atoms with Crippen LogP contribution in [0.3, 0.4) is 0 Å². The van der Waals surface area contributed by atoms with Gasteiger partial charge in [0.2, 0.25) is 0 Å². The van der Waals surface area contributed by atoms with E-state index in [2.05, 4.69) is 29.1 Å². The standard InChI is InChI=1S/C13H8N8S4/c1-3-15-18-10(1)25(13-14-4-6-22-13)12(8-2-5-23-19-8)16-11(20-25)9-7-24-21-17-9/h1-7H,(H,15,18). The van der Waals surface area contributed by atoms with E-state index in [0.717, 1.165) is 20.1 Å². The number of rotatable bonds is 4. The number of hydrogen-bond acceptors (Lipinski definition) is 10. The summed E-state index contributed by atoms with van der Waals surface area (Å²) in [5.74, 6) is 0.552. The third-order valence-corrected chi connectivity index (χ3v) is 8.84. The SMILES string of the molecule is c1cc(S2(c3nccs3)N=C(c3csnn3)N=C2c2ccsn2)[nH]n1. The maximum Gasteiger partial charge on any atom is 0.189 e. The molecule has 25 heavy (non-hydrogen) atoms. The van der Waals surface area contributed by atoms with E-state index in [4.69, 9.17) is 9.39 Å². The molecule has 0 aromatic carbocycles. The van der Waals surface area contributed by atoms with Gasteiger partial charge in [0.15, 0.2) is 10.2 Å². The van der Waals surface area contributed by atoms with Crippen LogP contribution >= 0.6 is 44.6 Å². The molecule has 124 valence electrons. The fourth-order valence-electron chi connectivity index (χ4n) is 2.39. The van der Waals surface area contributed by atoms with Gasteiger partial charge >= 0.3 is 0 Å². The van der Waals surface area contributed by atoms with E-state index in [9.17, 15) is 0 Å². The lowest BCUT2D eigenvalue weighted by atomic mass is 10.4. The van der Waals surface area contributed by atoms with Crippen LogP contribution in [0.5, 0.6) is 0 Å². The van der Waals surface area contributed by atoms with Crippen molar-refractivity contribution in [3.63, 3.8) is 0 Å². The number of thiazole rings is 1. The highest BCUT2D eigenvalue weighted by Crippen LogP contribution is 2.68. The van der Waals surface area contributed by atoms with Crippen LogP contribution in [-0.2, 0) is 0 Å². The van der Waals surface area contributed by atoms with Crippen molar-refractivity contribution in [1.82, 2.24) is 29.1 Å². The molecule has 1 N–H and O–H groups in total. The summed E-state index contributed by atoms with van der Waals surface area (Å²) in [6, 6.07) is 3.87. The molecule has 0 saturated heterocycles. The second-order valence-electron chi connectivity index (χ2n) is 4.81. The Morgan fingerprint density at radius 2 is 2.04 bits per heavy atom. The minimum atomic E-state index is -2.06. The number of H-pyrrole nitrogens is 1. The Kier molecular flexibility index (Phi) is 3.55. The van der Waals surface area contributed by atoms with E-state index in [-0.39, 0.29) is 0 Å². The van der Waals surface area contributed by atoms with Crippen molar-refractivity contribution in [2.24, 2.45) is 9.39 Å². The van der Waals surface area contributed by atoms with Crippen LogP contribution in [-0.4, -0.2) is 40.0 Å². The van der Waals surface area contributed by atoms with Crippen molar-refractivity contribution in [3.8, 4) is 0 Å². The molecule has 12 heteroatoms. The van der Waals surface area contributed by atoms with E-state index >= 15 is 0 Å². The molecule has 4 aromatic rings. The number of amidine groups is 1. The first-order valence-electron chi connectivity index (χ1n) is 6.97. The van der Waals surface area contributed by atoms with Gasteiger partial charge in [0.25, 0.3) is 0 Å². The average molecular weight is 405 g/mol. The van der Waals surface area contributed by atoms with Crippen LogP contribution in [0.4, 0.5) is 0 Å². The van der Waals surface area contributed by atoms with Crippen molar-refractivity contribution in [3.05, 3.63) is 52.1 Å². The Morgan fingerprint density at radius 3 is 2.72 bits per heavy atom. The van der Waals surface area contributed by atoms with E-state index in [1.807, 2.05) is 28.3 Å². The Bertz CT molecular complexity index is 998. The van der Waals surface area contributed by atoms with Crippen molar-refractivity contribution in [2.45, 2.75) is 9.37 Å². The van der Waals surface area contributed by atoms with Gasteiger partial charge in [-0.25, -0.2) is 9.98 Å². The molecule has 1 atom stereocenters. The normalized spacial score (nSPS) is 22.4. The summed E-state index contributed by atoms with van der Waals surface area (Å²) in [5, 5.41) is 18.7. The molecule has 0 radical (unpaired) electrons. The van der Waals surface area contributed by atoms with Gasteiger partial charge in [0.05, 0.1) is 0 Å². The van der Waals surface area contributed by atoms with Crippen molar-refractivity contribution >= 4 is 55.5 Å². The van der Waals surface area contributed by atoms with Gasteiger partial charge in [-0.3, -0.25) is 5.10 Å². The van der Waals surface area contributed by atoms with Gasteiger partial charge in [-0.05, 0) is 35.2 Å². The Hall–Kier alpha value is -2.28. The first kappa shape index (κ1) is 15.0. The van der Waals surface area contributed by atoms with Crippen LogP contribution in [0, 0.1) is 0 Å². The second-order valence-corrected chi connectivity index (χ2v) is 9.79. The van der Waals surface area contributed by atoms with Gasteiger partial charge in [-0.1, -0.05) is 4.49 Å². The molecule has 0 amide bonds. The van der Waals surface area contributed by atoms with Crippen LogP contribution in [0.25, 0.3) is 0 Å². The molecular weight excluding hydrogens is 396 g/mol. The molecule has 8 nitrogen and oxygen atoms in total. The summed E-state index contributed by atoms with van der Waals surface area (Å²) in [6.07, 6.45) is 3.50. The number of nitrogens with zero attached hydrogens (tertiary/aromatic N) is 7. The number of aliphatic imine (C=N–C) groups is 1. The zero-order chi connectivity index (χ0) is 16.7. The van der Waals surface area contributed by atoms with Crippen LogP contribution in [0.1, 0.15) is 11.4 Å². The molecule has 4 aromatic heterocycles. The molecule has 0 bridgehead atoms. The van der Waals surface area contributed by atoms with E-state index in [1.165, 1.54) is 23.1 Å². The Morgan fingerprint density at radius 1 is 1.04 bits per heavy atom. The smallest absolute Gasteiger partial charge is 0.189 e. The minimum absolute atomic E-state index is 0.552. The number of aromatic amines is 1. The summed E-state index contributed by atoms with van der Waals surface area (Å²) in [7, 11) is -2.06. The Balaban J connectivity index is 1.82. The minimum Gasteiger partial charge on any atom is -0.271 e. The molecule has 1 aliphatic heterocycles. The summed E-state index contributed by atoms with van der Waals surface area (Å²) >= 11 is 4.20. The number of nitrogens with one attached hydrogen (secondary N) is 1. The lowest BCUT2D eigenvalue weighted by molar-refractivity contribution is 0.994. The second kappa shape index (κ2) is 5.91. The third kappa shape index (κ3) is 2.29. The highest BCUT2D eigenvalue weighted by atomic mass is 32.3. The average Bonchev–Trinajstić information content (AvgIpc) is 3.49. The van der Waals surface area contributed by atoms with Gasteiger partial charge in [0.1, 0.15) is 21.5 Å². The lowest BCUT2D eigenvalue weighted by Gasteiger charge is -2.28. The maximum atomic E-state index is 5.03. The monoisotopic (exact) mass is 404 g/mol. The zero-order valence-electron chi connectivity index (χ0n) is 12.3. The van der Waals surface area contributed by atoms with Gasteiger partial charge in [-0.2, -0.15) is 13.9 Å². The summed E-state index contributed by atoms with van der Waals surface area (Å²) < 4.78 is 14.3. The predicted molar refractivity (Wildman–Crippen MR) is 99.9 cm³/mol. The quantitative estimate of drug-likeness (QED) is 0.562. The predicted octanol–water partition coefficient (Wildman–Crippen LogP) is 3.22. The van der Waals surface area contributed by atoms with Gasteiger partial charge in [-0.15, -0.1) is 16.4 Å². The van der Waals surface area contributed by atoms with Crippen molar-refractivity contribution in [1.29, 1.82) is 0 Å². The van der Waals surface area contributed by atoms with Crippen LogP contribution < -0.4 is 0 Å². The maximum absolute atomic E-state index is 5.03. The van der Waals surface area contributed by atoms with Gasteiger partial charge < -0.3 is 0 Å². The largest absolute Gasteiger partial charge is 0.271 e. The summed E-state index contributed by atoms with van der Waals surface area (Å²) in [6.45, 7) is 0. The molecule has 5 rings (SSSR count). The number of hydrogen-bond donors (Lipinski definition) is 1. The molecule has 0 aliphatic carbocycles. The molecule has 5 heterocycles. The first-order chi connectivity index (χ1) is 12.4. The zero-order valence-corrected chi connectivity index (χ0v) is 15.6. The molecule has 0 fully saturated rings. The third-order valence-electron chi connectivity index (χ3n) is 3.41. The van der Waals surface area contributed by atoms with E-state index < -0.39 is 10.2 Å². The molecule has 0 spiro atoms. The summed E-state index contributed by atoms with van der Waals surface area (Å²) in [5.41, 5.74) is 1.45. The summed E-state index contributed by atoms with van der Waals surface area (Å²) in [4.78, 5) is 9.37. The van der Waals surface area contributed by atoms with Crippen LogP contribution in [0.2, 0.25) is 0 Å². The van der Waals surface area contributed by atoms with E-state index in [0.29, 0.717) is 11.5 Å². The number of aromatic nitrogens is 6. The highest BCUT2D eigenvalue weighted by molar-refractivity contribution is 8.45. The van der Waals surface area contributed by atoms with Crippen molar-refractivity contribution in [2.75, 3.05) is 0 Å². The van der Waals surface area contributed by atoms with Gasteiger partial charge in [0, 0.05) is 38.7 Å². The molecule has 1 unspecified atom stereocenters. The fourth-order valence-corrected chi connectivity index (χ4v) is 7.60. The molecule has 1 aliphatic rings. The Labute approximate surface area is 155 Å². The fraction of sp³-hybridized carbons (Fsp3) is 0. The lowest BCUT2D eigenvalue weighted by Crippen LogP contribution is -2.11. The molecule has 0 saturated carbocycles. The van der Waals surface area contributed by atoms with E-state index in [1.54, 1.807) is 23.7 Å².